The van der Waals surface area contributed by atoms with Gasteiger partial charge in [0, 0.05) is 37.1 Å². The second-order valence-corrected chi connectivity index (χ2v) is 6.68. The van der Waals surface area contributed by atoms with Crippen LogP contribution in [0, 0.1) is 0 Å². The van der Waals surface area contributed by atoms with Crippen LogP contribution < -0.4 is 10.9 Å². The van der Waals surface area contributed by atoms with E-state index in [1.165, 1.54) is 40.6 Å². The summed E-state index contributed by atoms with van der Waals surface area (Å²) in [6, 6.07) is 8.74. The first-order chi connectivity index (χ1) is 12.6. The van der Waals surface area contributed by atoms with Crippen LogP contribution in [-0.4, -0.2) is 25.4 Å². The molecule has 0 unspecified atom stereocenters. The number of carbonyl (C=O) groups excluding carboxylic acids is 1. The summed E-state index contributed by atoms with van der Waals surface area (Å²) in [5, 5.41) is 4.21. The van der Waals surface area contributed by atoms with Crippen LogP contribution in [0.3, 0.4) is 0 Å². The van der Waals surface area contributed by atoms with Crippen molar-refractivity contribution in [3.63, 3.8) is 0 Å². The number of hydrogen-bond acceptors (Lipinski definition) is 6. The maximum Gasteiger partial charge on any atom is 0.258 e. The average molecular weight is 363 g/mol. The molecule has 4 aromatic rings. The number of thiazole rings is 1. The fourth-order valence-corrected chi connectivity index (χ4v) is 3.30. The number of benzene rings is 1. The minimum Gasteiger partial charge on any atom is -0.318 e. The predicted molar refractivity (Wildman–Crippen MR) is 100 cm³/mol. The zero-order valence-corrected chi connectivity index (χ0v) is 14.5. The molecule has 3 aromatic heterocycles. The van der Waals surface area contributed by atoms with Gasteiger partial charge in [-0.15, -0.1) is 0 Å². The molecule has 26 heavy (non-hydrogen) atoms. The Morgan fingerprint density at radius 1 is 1.15 bits per heavy atom. The number of rotatable bonds is 3. The van der Waals surface area contributed by atoms with Crippen molar-refractivity contribution in [2.75, 3.05) is 5.32 Å². The Bertz CT molecular complexity index is 1180. The lowest BCUT2D eigenvalue weighted by atomic mass is 10.1. The van der Waals surface area contributed by atoms with E-state index < -0.39 is 0 Å². The number of fused-ring (bicyclic) bond motifs is 1. The molecule has 3 heterocycles. The van der Waals surface area contributed by atoms with Crippen LogP contribution >= 0.6 is 11.3 Å². The number of aryl methyl sites for hydroxylation is 1. The molecule has 128 valence electrons. The van der Waals surface area contributed by atoms with Gasteiger partial charge in [0.25, 0.3) is 5.91 Å². The molecule has 0 radical (unpaired) electrons. The van der Waals surface area contributed by atoms with E-state index in [-0.39, 0.29) is 11.5 Å². The summed E-state index contributed by atoms with van der Waals surface area (Å²) < 4.78 is 1.36. The van der Waals surface area contributed by atoms with Gasteiger partial charge in [0.05, 0.1) is 16.0 Å². The van der Waals surface area contributed by atoms with Gasteiger partial charge in [0.15, 0.2) is 5.13 Å². The van der Waals surface area contributed by atoms with Crippen molar-refractivity contribution in [2.45, 2.75) is 0 Å². The fourth-order valence-electron chi connectivity index (χ4n) is 2.49. The maximum absolute atomic E-state index is 12.3. The molecule has 1 amide bonds. The third kappa shape index (κ3) is 3.09. The van der Waals surface area contributed by atoms with Gasteiger partial charge in [-0.2, -0.15) is 0 Å². The number of amides is 1. The summed E-state index contributed by atoms with van der Waals surface area (Å²) >= 11 is 1.37. The first-order valence-corrected chi connectivity index (χ1v) is 8.56. The van der Waals surface area contributed by atoms with Crippen LogP contribution in [0.2, 0.25) is 0 Å². The Morgan fingerprint density at radius 2 is 2.04 bits per heavy atom. The Kier molecular flexibility index (Phi) is 4.02. The highest BCUT2D eigenvalue weighted by molar-refractivity contribution is 7.19. The average Bonchev–Trinajstić information content (AvgIpc) is 3.12. The normalized spacial score (nSPS) is 10.8. The summed E-state index contributed by atoms with van der Waals surface area (Å²) in [7, 11) is 1.60. The van der Waals surface area contributed by atoms with Crippen molar-refractivity contribution in [1.29, 1.82) is 0 Å². The molecule has 0 bridgehead atoms. The number of anilines is 1. The highest BCUT2D eigenvalue weighted by atomic mass is 32.1. The van der Waals surface area contributed by atoms with Crippen LogP contribution in [-0.2, 0) is 7.05 Å². The van der Waals surface area contributed by atoms with Crippen molar-refractivity contribution in [2.24, 2.45) is 7.05 Å². The second-order valence-electron chi connectivity index (χ2n) is 5.65. The van der Waals surface area contributed by atoms with E-state index >= 15 is 0 Å². The largest absolute Gasteiger partial charge is 0.318 e. The number of nitrogens with zero attached hydrogens (tertiary/aromatic N) is 4. The first-order valence-electron chi connectivity index (χ1n) is 7.74. The monoisotopic (exact) mass is 363 g/mol. The molecule has 7 nitrogen and oxygen atoms in total. The number of hydrogen-bond donors (Lipinski definition) is 1. The Labute approximate surface area is 152 Å². The molecule has 1 N–H and O–H groups in total. The van der Waals surface area contributed by atoms with E-state index in [1.54, 1.807) is 19.4 Å². The van der Waals surface area contributed by atoms with Gasteiger partial charge in [-0.3, -0.25) is 14.9 Å². The highest BCUT2D eigenvalue weighted by Gasteiger charge is 2.11. The van der Waals surface area contributed by atoms with Gasteiger partial charge in [0.1, 0.15) is 6.33 Å². The van der Waals surface area contributed by atoms with E-state index in [4.69, 9.17) is 0 Å². The Balaban J connectivity index is 1.58. The molecule has 8 heteroatoms. The van der Waals surface area contributed by atoms with Crippen molar-refractivity contribution in [3.05, 3.63) is 71.2 Å². The molecule has 0 aliphatic carbocycles. The summed E-state index contributed by atoms with van der Waals surface area (Å²) in [5.41, 5.74) is 2.04. The molecule has 0 aliphatic heterocycles. The number of nitrogens with one attached hydrogen (secondary N) is 1. The van der Waals surface area contributed by atoms with E-state index in [0.717, 1.165) is 21.3 Å². The fraction of sp³-hybridized carbons (Fsp3) is 0.0556. The third-order valence-corrected chi connectivity index (χ3v) is 4.83. The zero-order valence-electron chi connectivity index (χ0n) is 13.7. The van der Waals surface area contributed by atoms with Gasteiger partial charge >= 0.3 is 0 Å². The van der Waals surface area contributed by atoms with E-state index in [1.807, 2.05) is 18.2 Å². The van der Waals surface area contributed by atoms with Crippen molar-refractivity contribution in [3.8, 4) is 10.4 Å². The topological polar surface area (TPSA) is 89.8 Å². The van der Waals surface area contributed by atoms with Gasteiger partial charge in [-0.25, -0.2) is 15.0 Å². The molecule has 0 atom stereocenters. The predicted octanol–water partition coefficient (Wildman–Crippen LogP) is 2.70. The smallest absolute Gasteiger partial charge is 0.258 e. The van der Waals surface area contributed by atoms with E-state index in [0.29, 0.717) is 10.7 Å². The molecule has 0 saturated heterocycles. The maximum atomic E-state index is 12.3. The summed E-state index contributed by atoms with van der Waals surface area (Å²) in [6.45, 7) is 0. The van der Waals surface area contributed by atoms with Gasteiger partial charge in [0.2, 0.25) is 5.56 Å². The molecule has 1 aromatic carbocycles. The number of aromatic nitrogens is 4. The van der Waals surface area contributed by atoms with Gasteiger partial charge in [-0.05, 0) is 17.7 Å². The summed E-state index contributed by atoms with van der Waals surface area (Å²) in [5.74, 6) is -0.312. The third-order valence-electron chi connectivity index (χ3n) is 3.87. The van der Waals surface area contributed by atoms with Gasteiger partial charge in [-0.1, -0.05) is 23.5 Å². The first kappa shape index (κ1) is 16.1. The molecular formula is C18H13N5O2S. The van der Waals surface area contributed by atoms with Crippen molar-refractivity contribution >= 4 is 33.3 Å². The quantitative estimate of drug-likeness (QED) is 0.604. The second kappa shape index (κ2) is 6.49. The molecule has 0 aliphatic rings. The Morgan fingerprint density at radius 3 is 2.88 bits per heavy atom. The SMILES string of the molecule is Cn1cc(C(=O)Nc2ncc(-c3ccc4cncnc4c3)s2)ccc1=O. The lowest BCUT2D eigenvalue weighted by Crippen LogP contribution is -2.19. The Hall–Kier alpha value is -3.39. The molecule has 0 fully saturated rings. The van der Waals surface area contributed by atoms with E-state index in [2.05, 4.69) is 20.3 Å². The molecule has 0 saturated carbocycles. The lowest BCUT2D eigenvalue weighted by molar-refractivity contribution is 0.102. The molecule has 4 rings (SSSR count). The van der Waals surface area contributed by atoms with Crippen molar-refractivity contribution < 1.29 is 4.79 Å². The minimum atomic E-state index is -0.312. The van der Waals surface area contributed by atoms with Gasteiger partial charge < -0.3 is 4.57 Å². The number of pyridine rings is 1. The van der Waals surface area contributed by atoms with E-state index in [9.17, 15) is 9.59 Å². The van der Waals surface area contributed by atoms with Crippen LogP contribution in [0.15, 0.2) is 60.0 Å². The van der Waals surface area contributed by atoms with Crippen LogP contribution in [0.1, 0.15) is 10.4 Å². The summed E-state index contributed by atoms with van der Waals surface area (Å²) in [6.07, 6.45) is 6.48. The van der Waals surface area contributed by atoms with Crippen LogP contribution in [0.4, 0.5) is 5.13 Å². The standard InChI is InChI=1S/C18H13N5O2S/c1-23-9-13(4-5-16(23)24)17(25)22-18-20-8-15(26-18)11-2-3-12-7-19-10-21-14(12)6-11/h2-10H,1H3,(H,20,22,25). The summed E-state index contributed by atoms with van der Waals surface area (Å²) in [4.78, 5) is 37.2. The van der Waals surface area contributed by atoms with Crippen molar-refractivity contribution in [1.82, 2.24) is 19.5 Å². The van der Waals surface area contributed by atoms with Crippen LogP contribution in [0.25, 0.3) is 21.3 Å². The number of carbonyl (C=O) groups is 1. The molecular weight excluding hydrogens is 350 g/mol. The highest BCUT2D eigenvalue weighted by Crippen LogP contribution is 2.30. The lowest BCUT2D eigenvalue weighted by Gasteiger charge is -2.03. The molecule has 0 spiro atoms. The zero-order chi connectivity index (χ0) is 18.1. The minimum absolute atomic E-state index is 0.168. The van der Waals surface area contributed by atoms with Crippen LogP contribution in [0.5, 0.6) is 0 Å².